The second-order valence-corrected chi connectivity index (χ2v) is 14.7. The number of Topliss-reactive ketones (excluding diaryl/α,β-unsaturated/α-hetero) is 2. The summed E-state index contributed by atoms with van der Waals surface area (Å²) < 4.78 is 53.6. The standard InChI is InChI=1S/2C21H22F2N2O/c2*22-17-5-1-15(2-6-17)20(16-3-7-18(23)8-4-16)25-12-10-21(14-25)13-24-11-9-19(21)26/h2*1-8,20,24H,9-14H2/t2*21-/m10/s1. The minimum absolute atomic E-state index is 0.120. The Morgan fingerprint density at radius 3 is 1.04 bits per heavy atom. The molecule has 4 heterocycles. The van der Waals surface area contributed by atoms with Crippen molar-refractivity contribution in [2.45, 2.75) is 37.8 Å². The van der Waals surface area contributed by atoms with Crippen LogP contribution in [0, 0.1) is 34.1 Å². The van der Waals surface area contributed by atoms with E-state index in [0.29, 0.717) is 50.6 Å². The van der Waals surface area contributed by atoms with Gasteiger partial charge in [0.1, 0.15) is 34.8 Å². The van der Waals surface area contributed by atoms with Crippen molar-refractivity contribution >= 4 is 11.6 Å². The van der Waals surface area contributed by atoms with Crippen LogP contribution in [-0.2, 0) is 9.59 Å². The third-order valence-electron chi connectivity index (χ3n) is 11.4. The number of benzene rings is 4. The summed E-state index contributed by atoms with van der Waals surface area (Å²) >= 11 is 0. The van der Waals surface area contributed by atoms with Crippen LogP contribution in [0.1, 0.15) is 60.0 Å². The maximum Gasteiger partial charge on any atom is 0.142 e. The molecule has 4 aliphatic heterocycles. The summed E-state index contributed by atoms with van der Waals surface area (Å²) in [5.41, 5.74) is 3.13. The zero-order valence-electron chi connectivity index (χ0n) is 29.1. The fourth-order valence-electron chi connectivity index (χ4n) is 8.59. The molecule has 8 rings (SSSR count). The van der Waals surface area contributed by atoms with Gasteiger partial charge in [-0.2, -0.15) is 0 Å². The highest BCUT2D eigenvalue weighted by atomic mass is 19.1. The number of carbonyl (C=O) groups excluding carboxylic acids is 2. The predicted octanol–water partition coefficient (Wildman–Crippen LogP) is 6.62. The Balaban J connectivity index is 0.000000162. The third kappa shape index (κ3) is 7.62. The highest BCUT2D eigenvalue weighted by molar-refractivity contribution is 5.87. The first-order valence-corrected chi connectivity index (χ1v) is 18.1. The Bertz CT molecular complexity index is 1630. The lowest BCUT2D eigenvalue weighted by atomic mass is 9.79. The van der Waals surface area contributed by atoms with Crippen molar-refractivity contribution in [1.82, 2.24) is 20.4 Å². The molecule has 0 radical (unpaired) electrons. The van der Waals surface area contributed by atoms with Gasteiger partial charge in [-0.05, 0) is 83.6 Å². The van der Waals surface area contributed by atoms with Gasteiger partial charge in [0, 0.05) is 65.2 Å². The first-order valence-electron chi connectivity index (χ1n) is 18.1. The van der Waals surface area contributed by atoms with E-state index in [1.54, 1.807) is 48.5 Å². The number of halogens is 4. The van der Waals surface area contributed by atoms with Gasteiger partial charge in [-0.15, -0.1) is 0 Å². The van der Waals surface area contributed by atoms with Crippen molar-refractivity contribution in [2.75, 3.05) is 52.4 Å². The Morgan fingerprint density at radius 1 is 0.481 bits per heavy atom. The molecule has 272 valence electrons. The largest absolute Gasteiger partial charge is 0.315 e. The lowest BCUT2D eigenvalue weighted by Crippen LogP contribution is -2.49. The number of rotatable bonds is 6. The van der Waals surface area contributed by atoms with Crippen molar-refractivity contribution in [3.63, 3.8) is 0 Å². The van der Waals surface area contributed by atoms with Crippen molar-refractivity contribution in [3.8, 4) is 0 Å². The number of nitrogens with zero attached hydrogens (tertiary/aromatic N) is 2. The molecule has 4 saturated heterocycles. The minimum Gasteiger partial charge on any atom is -0.315 e. The van der Waals surface area contributed by atoms with Crippen molar-refractivity contribution in [3.05, 3.63) is 143 Å². The maximum atomic E-state index is 13.4. The van der Waals surface area contributed by atoms with Crippen LogP contribution in [0.25, 0.3) is 0 Å². The van der Waals surface area contributed by atoms with E-state index in [-0.39, 0.29) is 46.2 Å². The number of piperidine rings is 2. The molecule has 52 heavy (non-hydrogen) atoms. The monoisotopic (exact) mass is 712 g/mol. The fourth-order valence-corrected chi connectivity index (χ4v) is 8.59. The summed E-state index contributed by atoms with van der Waals surface area (Å²) in [5.74, 6) is -0.467. The summed E-state index contributed by atoms with van der Waals surface area (Å²) in [5, 5.41) is 6.71. The molecule has 2 atom stereocenters. The molecule has 4 aliphatic rings. The first kappa shape index (κ1) is 36.2. The van der Waals surface area contributed by atoms with E-state index < -0.39 is 0 Å². The summed E-state index contributed by atoms with van der Waals surface area (Å²) in [7, 11) is 0. The van der Waals surface area contributed by atoms with Gasteiger partial charge in [0.25, 0.3) is 0 Å². The number of hydrogen-bond acceptors (Lipinski definition) is 6. The van der Waals surface area contributed by atoms with Gasteiger partial charge in [-0.1, -0.05) is 48.5 Å². The molecule has 0 bridgehead atoms. The van der Waals surface area contributed by atoms with E-state index in [1.165, 1.54) is 48.5 Å². The van der Waals surface area contributed by atoms with Gasteiger partial charge in [0.05, 0.1) is 22.9 Å². The SMILES string of the molecule is O=C1CCNC[C@@]12CCN(C(c1ccc(F)cc1)c1ccc(F)cc1)C2.O=C1CCNC[C@]12CCN(C(c1ccc(F)cc1)c1ccc(F)cc1)C2. The fraction of sp³-hybridized carbons (Fsp3) is 0.381. The summed E-state index contributed by atoms with van der Waals surface area (Å²) in [6.07, 6.45) is 2.78. The summed E-state index contributed by atoms with van der Waals surface area (Å²) in [6, 6.07) is 25.5. The van der Waals surface area contributed by atoms with Gasteiger partial charge in [0.2, 0.25) is 0 Å². The lowest BCUT2D eigenvalue weighted by Gasteiger charge is -2.34. The van der Waals surface area contributed by atoms with Crippen molar-refractivity contribution < 1.29 is 27.2 Å². The molecule has 2 spiro atoms. The van der Waals surface area contributed by atoms with Gasteiger partial charge >= 0.3 is 0 Å². The molecule has 4 aromatic rings. The Kier molecular flexibility index (Phi) is 10.7. The van der Waals surface area contributed by atoms with Crippen LogP contribution in [0.3, 0.4) is 0 Å². The zero-order valence-corrected chi connectivity index (χ0v) is 29.1. The van der Waals surface area contributed by atoms with E-state index in [2.05, 4.69) is 20.4 Å². The minimum atomic E-state index is -0.337. The summed E-state index contributed by atoms with van der Waals surface area (Å²) in [6.45, 7) is 5.82. The average molecular weight is 713 g/mol. The second-order valence-electron chi connectivity index (χ2n) is 14.7. The molecule has 6 nitrogen and oxygen atoms in total. The molecule has 0 saturated carbocycles. The van der Waals surface area contributed by atoms with Crippen LogP contribution < -0.4 is 10.6 Å². The third-order valence-corrected chi connectivity index (χ3v) is 11.4. The topological polar surface area (TPSA) is 64.7 Å². The second kappa shape index (κ2) is 15.4. The van der Waals surface area contributed by atoms with E-state index in [1.807, 2.05) is 0 Å². The van der Waals surface area contributed by atoms with Crippen LogP contribution in [0.4, 0.5) is 17.6 Å². The van der Waals surface area contributed by atoms with Crippen LogP contribution in [0.15, 0.2) is 97.1 Å². The van der Waals surface area contributed by atoms with E-state index in [0.717, 1.165) is 61.3 Å². The maximum absolute atomic E-state index is 13.4. The van der Waals surface area contributed by atoms with Crippen LogP contribution >= 0.6 is 0 Å². The number of ketones is 2. The smallest absolute Gasteiger partial charge is 0.142 e. The van der Waals surface area contributed by atoms with Crippen molar-refractivity contribution in [2.24, 2.45) is 10.8 Å². The molecule has 0 aliphatic carbocycles. The zero-order chi connectivity index (χ0) is 36.3. The first-order chi connectivity index (χ1) is 25.1. The van der Waals surface area contributed by atoms with Crippen LogP contribution in [0.5, 0.6) is 0 Å². The highest BCUT2D eigenvalue weighted by Gasteiger charge is 2.48. The number of likely N-dealkylation sites (tertiary alicyclic amines) is 2. The molecule has 4 fully saturated rings. The van der Waals surface area contributed by atoms with E-state index >= 15 is 0 Å². The molecule has 4 aromatic carbocycles. The molecule has 0 unspecified atom stereocenters. The van der Waals surface area contributed by atoms with Crippen molar-refractivity contribution in [1.29, 1.82) is 0 Å². The number of nitrogens with one attached hydrogen (secondary N) is 2. The highest BCUT2D eigenvalue weighted by Crippen LogP contribution is 2.42. The Labute approximate surface area is 302 Å². The van der Waals surface area contributed by atoms with Gasteiger partial charge in [-0.3, -0.25) is 19.4 Å². The van der Waals surface area contributed by atoms with E-state index in [4.69, 9.17) is 0 Å². The van der Waals surface area contributed by atoms with Gasteiger partial charge < -0.3 is 10.6 Å². The molecular formula is C42H44F4N4O2. The molecule has 2 N–H and O–H groups in total. The summed E-state index contributed by atoms with van der Waals surface area (Å²) in [4.78, 5) is 29.7. The molecular weight excluding hydrogens is 668 g/mol. The van der Waals surface area contributed by atoms with Gasteiger partial charge in [0.15, 0.2) is 0 Å². The predicted molar refractivity (Wildman–Crippen MR) is 192 cm³/mol. The Morgan fingerprint density at radius 2 is 0.769 bits per heavy atom. The molecule has 0 amide bonds. The normalized spacial score (nSPS) is 23.9. The number of carbonyl (C=O) groups is 2. The van der Waals surface area contributed by atoms with Crippen LogP contribution in [0.2, 0.25) is 0 Å². The quantitative estimate of drug-likeness (QED) is 0.220. The molecule has 0 aromatic heterocycles. The lowest BCUT2D eigenvalue weighted by molar-refractivity contribution is -0.130. The van der Waals surface area contributed by atoms with Gasteiger partial charge in [-0.25, -0.2) is 17.6 Å². The van der Waals surface area contributed by atoms with Crippen LogP contribution in [-0.4, -0.2) is 73.7 Å². The Hall–Kier alpha value is -4.22. The average Bonchev–Trinajstić information content (AvgIpc) is 3.77. The number of hydrogen-bond donors (Lipinski definition) is 2. The van der Waals surface area contributed by atoms with E-state index in [9.17, 15) is 27.2 Å². The molecule has 10 heteroatoms.